The van der Waals surface area contributed by atoms with Gasteiger partial charge in [0.15, 0.2) is 0 Å². The van der Waals surface area contributed by atoms with Crippen LogP contribution in [0.4, 0.5) is 10.1 Å². The van der Waals surface area contributed by atoms with E-state index in [4.69, 9.17) is 0 Å². The molecule has 86 valence electrons. The van der Waals surface area contributed by atoms with Crippen molar-refractivity contribution in [2.75, 3.05) is 18.4 Å². The van der Waals surface area contributed by atoms with E-state index < -0.39 is 0 Å². The first kappa shape index (κ1) is 12.2. The Hall–Kier alpha value is -1.84. The highest BCUT2D eigenvalue weighted by Crippen LogP contribution is 2.08. The van der Waals surface area contributed by atoms with Crippen LogP contribution in [0.15, 0.2) is 36.9 Å². The molecule has 1 amide bonds. The normalized spacial score (nSPS) is 9.56. The zero-order chi connectivity index (χ0) is 11.8. The Morgan fingerprint density at radius 2 is 2.31 bits per heavy atom. The molecule has 4 heteroatoms. The first-order chi connectivity index (χ1) is 7.72. The van der Waals surface area contributed by atoms with Gasteiger partial charge in [-0.15, -0.1) is 6.58 Å². The Kier molecular flexibility index (Phi) is 5.05. The van der Waals surface area contributed by atoms with Gasteiger partial charge in [0.05, 0.1) is 0 Å². The van der Waals surface area contributed by atoms with Crippen molar-refractivity contribution in [2.45, 2.75) is 6.42 Å². The summed E-state index contributed by atoms with van der Waals surface area (Å²) in [4.78, 5) is 11.2. The van der Waals surface area contributed by atoms with E-state index in [2.05, 4.69) is 17.2 Å². The number of hydrogen-bond donors (Lipinski definition) is 2. The number of amides is 1. The molecule has 0 aliphatic heterocycles. The van der Waals surface area contributed by atoms with E-state index >= 15 is 0 Å². The highest BCUT2D eigenvalue weighted by molar-refractivity contribution is 5.76. The quantitative estimate of drug-likeness (QED) is 0.722. The lowest BCUT2D eigenvalue weighted by Gasteiger charge is -2.06. The molecule has 3 nitrogen and oxygen atoms in total. The summed E-state index contributed by atoms with van der Waals surface area (Å²) in [6.45, 7) is 4.45. The lowest BCUT2D eigenvalue weighted by Crippen LogP contribution is -2.25. The minimum Gasteiger partial charge on any atom is -0.384 e. The van der Waals surface area contributed by atoms with E-state index in [1.165, 1.54) is 12.1 Å². The van der Waals surface area contributed by atoms with Gasteiger partial charge in [0.2, 0.25) is 5.91 Å². The molecule has 0 radical (unpaired) electrons. The minimum atomic E-state index is -0.291. The SMILES string of the molecule is C=CCNC(=O)CCNc1cccc(F)c1. The minimum absolute atomic E-state index is 0.0520. The summed E-state index contributed by atoms with van der Waals surface area (Å²) in [5, 5.41) is 5.63. The zero-order valence-corrected chi connectivity index (χ0v) is 9.00. The summed E-state index contributed by atoms with van der Waals surface area (Å²) in [5.41, 5.74) is 0.677. The number of carbonyl (C=O) groups is 1. The van der Waals surface area contributed by atoms with Crippen molar-refractivity contribution in [3.63, 3.8) is 0 Å². The van der Waals surface area contributed by atoms with Gasteiger partial charge in [-0.3, -0.25) is 4.79 Å². The molecule has 16 heavy (non-hydrogen) atoms. The van der Waals surface area contributed by atoms with Gasteiger partial charge < -0.3 is 10.6 Å². The molecule has 0 aliphatic carbocycles. The number of halogens is 1. The molecule has 1 rings (SSSR count). The predicted molar refractivity (Wildman–Crippen MR) is 62.7 cm³/mol. The van der Waals surface area contributed by atoms with Crippen LogP contribution in [0.1, 0.15) is 6.42 Å². The lowest BCUT2D eigenvalue weighted by atomic mass is 10.3. The van der Waals surface area contributed by atoms with Crippen LogP contribution in [0.25, 0.3) is 0 Å². The van der Waals surface area contributed by atoms with Gasteiger partial charge in [0.1, 0.15) is 5.82 Å². The molecule has 0 bridgehead atoms. The second-order valence-corrected chi connectivity index (χ2v) is 3.28. The maximum absolute atomic E-state index is 12.8. The Bertz CT molecular complexity index is 366. The molecule has 0 aromatic heterocycles. The third kappa shape index (κ3) is 4.59. The third-order valence-corrected chi connectivity index (χ3v) is 1.95. The summed E-state index contributed by atoms with van der Waals surface area (Å²) >= 11 is 0. The molecule has 0 fully saturated rings. The maximum Gasteiger partial charge on any atom is 0.222 e. The largest absolute Gasteiger partial charge is 0.384 e. The lowest BCUT2D eigenvalue weighted by molar-refractivity contribution is -0.120. The summed E-state index contributed by atoms with van der Waals surface area (Å²) in [6, 6.07) is 6.14. The van der Waals surface area contributed by atoms with Gasteiger partial charge in [-0.1, -0.05) is 12.1 Å². The van der Waals surface area contributed by atoms with Gasteiger partial charge in [0.25, 0.3) is 0 Å². The van der Waals surface area contributed by atoms with E-state index in [-0.39, 0.29) is 11.7 Å². The van der Waals surface area contributed by atoms with Crippen LogP contribution in [0.5, 0.6) is 0 Å². The van der Waals surface area contributed by atoms with Gasteiger partial charge in [-0.05, 0) is 18.2 Å². The van der Waals surface area contributed by atoms with Crippen molar-refractivity contribution in [2.24, 2.45) is 0 Å². The van der Waals surface area contributed by atoms with Gasteiger partial charge >= 0.3 is 0 Å². The Balaban J connectivity index is 2.25. The van der Waals surface area contributed by atoms with Crippen LogP contribution in [0.2, 0.25) is 0 Å². The predicted octanol–water partition coefficient (Wildman–Crippen LogP) is 1.93. The molecule has 0 saturated heterocycles. The zero-order valence-electron chi connectivity index (χ0n) is 9.00. The van der Waals surface area contributed by atoms with Crippen molar-refractivity contribution in [3.05, 3.63) is 42.7 Å². The highest BCUT2D eigenvalue weighted by atomic mass is 19.1. The molecular weight excluding hydrogens is 207 g/mol. The van der Waals surface area contributed by atoms with Crippen LogP contribution in [-0.4, -0.2) is 19.0 Å². The second-order valence-electron chi connectivity index (χ2n) is 3.28. The fourth-order valence-corrected chi connectivity index (χ4v) is 1.19. The van der Waals surface area contributed by atoms with Gasteiger partial charge in [0, 0.05) is 25.2 Å². The molecule has 0 unspecified atom stereocenters. The highest BCUT2D eigenvalue weighted by Gasteiger charge is 1.99. The fraction of sp³-hybridized carbons (Fsp3) is 0.250. The van der Waals surface area contributed by atoms with Gasteiger partial charge in [-0.25, -0.2) is 4.39 Å². The monoisotopic (exact) mass is 222 g/mol. The number of hydrogen-bond acceptors (Lipinski definition) is 2. The van der Waals surface area contributed by atoms with Gasteiger partial charge in [-0.2, -0.15) is 0 Å². The van der Waals surface area contributed by atoms with Crippen LogP contribution in [-0.2, 0) is 4.79 Å². The molecule has 2 N–H and O–H groups in total. The molecule has 0 atom stereocenters. The van der Waals surface area contributed by atoms with E-state index in [0.29, 0.717) is 25.2 Å². The van der Waals surface area contributed by atoms with E-state index in [1.807, 2.05) is 0 Å². The molecule has 0 aliphatic rings. The standard InChI is InChI=1S/C12H15FN2O/c1-2-7-15-12(16)6-8-14-11-5-3-4-10(13)9-11/h2-5,9,14H,1,6-8H2,(H,15,16). The van der Waals surface area contributed by atoms with Crippen LogP contribution in [0.3, 0.4) is 0 Å². The number of benzene rings is 1. The maximum atomic E-state index is 12.8. The third-order valence-electron chi connectivity index (χ3n) is 1.95. The summed E-state index contributed by atoms with van der Waals surface area (Å²) < 4.78 is 12.8. The number of rotatable bonds is 6. The number of anilines is 1. The summed E-state index contributed by atoms with van der Waals surface area (Å²) in [7, 11) is 0. The molecule has 1 aromatic carbocycles. The molecule has 0 saturated carbocycles. The van der Waals surface area contributed by atoms with Crippen LogP contribution >= 0.6 is 0 Å². The van der Waals surface area contributed by atoms with E-state index in [1.54, 1.807) is 18.2 Å². The fourth-order valence-electron chi connectivity index (χ4n) is 1.19. The molecule has 0 heterocycles. The average Bonchev–Trinajstić information content (AvgIpc) is 2.26. The van der Waals surface area contributed by atoms with E-state index in [0.717, 1.165) is 0 Å². The van der Waals surface area contributed by atoms with Crippen LogP contribution in [0, 0.1) is 5.82 Å². The second kappa shape index (κ2) is 6.61. The van der Waals surface area contributed by atoms with Crippen molar-refractivity contribution < 1.29 is 9.18 Å². The van der Waals surface area contributed by atoms with Crippen LogP contribution < -0.4 is 10.6 Å². The number of carbonyl (C=O) groups excluding carboxylic acids is 1. The van der Waals surface area contributed by atoms with Crippen molar-refractivity contribution in [3.8, 4) is 0 Å². The Morgan fingerprint density at radius 1 is 1.50 bits per heavy atom. The smallest absolute Gasteiger partial charge is 0.222 e. The van der Waals surface area contributed by atoms with Crippen molar-refractivity contribution >= 4 is 11.6 Å². The molecular formula is C12H15FN2O. The van der Waals surface area contributed by atoms with E-state index in [9.17, 15) is 9.18 Å². The van der Waals surface area contributed by atoms with Crippen molar-refractivity contribution in [1.29, 1.82) is 0 Å². The topological polar surface area (TPSA) is 41.1 Å². The Morgan fingerprint density at radius 3 is 3.00 bits per heavy atom. The average molecular weight is 222 g/mol. The summed E-state index contributed by atoms with van der Waals surface area (Å²) in [5.74, 6) is -0.343. The first-order valence-corrected chi connectivity index (χ1v) is 5.09. The number of nitrogens with one attached hydrogen (secondary N) is 2. The summed E-state index contributed by atoms with van der Waals surface area (Å²) in [6.07, 6.45) is 1.97. The molecule has 0 spiro atoms. The molecule has 1 aromatic rings. The van der Waals surface area contributed by atoms with Crippen molar-refractivity contribution in [1.82, 2.24) is 5.32 Å². The first-order valence-electron chi connectivity index (χ1n) is 5.09. The Labute approximate surface area is 94.4 Å².